The second-order valence-electron chi connectivity index (χ2n) is 8.79. The van der Waals surface area contributed by atoms with Gasteiger partial charge in [0.1, 0.15) is 5.58 Å². The molecule has 0 atom stereocenters. The molecule has 0 amide bonds. The van der Waals surface area contributed by atoms with Gasteiger partial charge in [0, 0.05) is 27.4 Å². The maximum atomic E-state index is 6.48. The summed E-state index contributed by atoms with van der Waals surface area (Å²) >= 11 is 1.80. The van der Waals surface area contributed by atoms with Gasteiger partial charge in [0.2, 0.25) is 0 Å². The Balaban J connectivity index is 1.74. The molecular formula is C25H23NOS. The average Bonchev–Trinajstić information content (AvgIpc) is 3.19. The number of thiophene rings is 1. The minimum absolute atomic E-state index is 0.243. The van der Waals surface area contributed by atoms with Gasteiger partial charge in [-0.25, -0.2) is 0 Å². The van der Waals surface area contributed by atoms with E-state index in [-0.39, 0.29) is 5.41 Å². The van der Waals surface area contributed by atoms with Crippen LogP contribution in [0.2, 0.25) is 0 Å². The zero-order valence-corrected chi connectivity index (χ0v) is 17.5. The number of para-hydroxylation sites is 1. The number of rotatable bonds is 2. The summed E-state index contributed by atoms with van der Waals surface area (Å²) in [4.78, 5) is 5.97. The second kappa shape index (κ2) is 6.18. The highest BCUT2D eigenvalue weighted by molar-refractivity contribution is 7.19. The third-order valence-electron chi connectivity index (χ3n) is 5.11. The van der Waals surface area contributed by atoms with E-state index in [0.717, 1.165) is 34.2 Å². The molecule has 5 rings (SSSR count). The summed E-state index contributed by atoms with van der Waals surface area (Å²) in [5, 5.41) is 3.58. The van der Waals surface area contributed by atoms with Crippen LogP contribution in [0.1, 0.15) is 31.2 Å². The molecule has 0 aliphatic rings. The Morgan fingerprint density at radius 2 is 1.79 bits per heavy atom. The molecule has 0 aliphatic carbocycles. The van der Waals surface area contributed by atoms with E-state index in [1.54, 1.807) is 11.3 Å². The van der Waals surface area contributed by atoms with Gasteiger partial charge in [0.15, 0.2) is 5.58 Å². The first-order valence-electron chi connectivity index (χ1n) is 9.69. The van der Waals surface area contributed by atoms with Crippen LogP contribution in [0.15, 0.2) is 59.1 Å². The fraction of sp³-hybridized carbons (Fsp3) is 0.240. The van der Waals surface area contributed by atoms with Crippen LogP contribution in [0.5, 0.6) is 0 Å². The Morgan fingerprint density at radius 3 is 2.61 bits per heavy atom. The number of aromatic nitrogens is 1. The summed E-state index contributed by atoms with van der Waals surface area (Å²) in [7, 11) is 0. The van der Waals surface area contributed by atoms with Gasteiger partial charge in [-0.1, -0.05) is 39.0 Å². The number of aryl methyl sites for hydroxylation is 1. The lowest BCUT2D eigenvalue weighted by Crippen LogP contribution is -2.09. The normalized spacial score (nSPS) is 12.4. The number of hydrogen-bond acceptors (Lipinski definition) is 3. The highest BCUT2D eigenvalue weighted by atomic mass is 32.1. The van der Waals surface area contributed by atoms with Crippen molar-refractivity contribution >= 4 is 43.4 Å². The van der Waals surface area contributed by atoms with E-state index in [4.69, 9.17) is 4.42 Å². The maximum absolute atomic E-state index is 6.48. The van der Waals surface area contributed by atoms with Crippen molar-refractivity contribution in [3.8, 4) is 11.3 Å². The van der Waals surface area contributed by atoms with Crippen molar-refractivity contribution in [2.75, 3.05) is 0 Å². The van der Waals surface area contributed by atoms with E-state index in [9.17, 15) is 0 Å². The topological polar surface area (TPSA) is 26.0 Å². The number of pyridine rings is 1. The second-order valence-corrected chi connectivity index (χ2v) is 10.0. The quantitative estimate of drug-likeness (QED) is 0.310. The van der Waals surface area contributed by atoms with Crippen molar-refractivity contribution in [2.45, 2.75) is 34.1 Å². The van der Waals surface area contributed by atoms with E-state index in [1.807, 2.05) is 6.20 Å². The molecule has 3 heterocycles. The summed E-state index contributed by atoms with van der Waals surface area (Å²) in [5.41, 5.74) is 5.50. The van der Waals surface area contributed by atoms with Crippen molar-refractivity contribution in [3.63, 3.8) is 0 Å². The molecule has 0 saturated heterocycles. The molecule has 28 heavy (non-hydrogen) atoms. The van der Waals surface area contributed by atoms with Gasteiger partial charge < -0.3 is 4.42 Å². The van der Waals surface area contributed by atoms with Crippen LogP contribution in [0.4, 0.5) is 0 Å². The smallest absolute Gasteiger partial charge is 0.153 e. The molecule has 2 nitrogen and oxygen atoms in total. The lowest BCUT2D eigenvalue weighted by atomic mass is 9.88. The zero-order valence-electron chi connectivity index (χ0n) is 16.7. The van der Waals surface area contributed by atoms with Crippen LogP contribution in [0.3, 0.4) is 0 Å². The van der Waals surface area contributed by atoms with Gasteiger partial charge in [-0.3, -0.25) is 4.98 Å². The summed E-state index contributed by atoms with van der Waals surface area (Å²) < 4.78 is 7.70. The minimum Gasteiger partial charge on any atom is -0.454 e. The van der Waals surface area contributed by atoms with Gasteiger partial charge in [0.25, 0.3) is 0 Å². The van der Waals surface area contributed by atoms with Crippen LogP contribution < -0.4 is 0 Å². The van der Waals surface area contributed by atoms with Crippen LogP contribution in [-0.4, -0.2) is 4.98 Å². The van der Waals surface area contributed by atoms with Crippen molar-refractivity contribution in [1.82, 2.24) is 4.98 Å². The van der Waals surface area contributed by atoms with E-state index in [1.165, 1.54) is 25.9 Å². The van der Waals surface area contributed by atoms with Gasteiger partial charge in [-0.05, 0) is 60.0 Å². The standard InChI is InChI=1S/C25H23NOS/c1-15-12-17-8-9-19-18-6-5-7-20(22(18)27-23(19)24(17)28-15)21-13-16(10-11-26-21)14-25(2,3)4/h5-13H,14H2,1-4H3. The number of fused-ring (bicyclic) bond motifs is 5. The molecule has 0 bridgehead atoms. The Morgan fingerprint density at radius 1 is 0.964 bits per heavy atom. The molecule has 5 aromatic rings. The highest BCUT2D eigenvalue weighted by Gasteiger charge is 2.17. The molecule has 0 radical (unpaired) electrons. The van der Waals surface area contributed by atoms with Crippen molar-refractivity contribution < 1.29 is 4.42 Å². The molecule has 2 aromatic carbocycles. The number of benzene rings is 2. The molecule has 0 spiro atoms. The van der Waals surface area contributed by atoms with Crippen LogP contribution in [0.25, 0.3) is 43.3 Å². The summed E-state index contributed by atoms with van der Waals surface area (Å²) in [6, 6.07) is 17.3. The molecule has 0 N–H and O–H groups in total. The SMILES string of the molecule is Cc1cc2ccc3c4cccc(-c5cc(CC(C)(C)C)ccn5)c4oc3c2s1. The number of hydrogen-bond donors (Lipinski definition) is 0. The van der Waals surface area contributed by atoms with Gasteiger partial charge >= 0.3 is 0 Å². The molecule has 3 aromatic heterocycles. The van der Waals surface area contributed by atoms with E-state index >= 15 is 0 Å². The minimum atomic E-state index is 0.243. The number of nitrogens with zero attached hydrogens (tertiary/aromatic N) is 1. The predicted octanol–water partition coefficient (Wildman–Crippen LogP) is 7.76. The van der Waals surface area contributed by atoms with Gasteiger partial charge in [0.05, 0.1) is 10.4 Å². The highest BCUT2D eigenvalue weighted by Crippen LogP contribution is 2.40. The van der Waals surface area contributed by atoms with Gasteiger partial charge in [-0.15, -0.1) is 11.3 Å². The summed E-state index contributed by atoms with van der Waals surface area (Å²) in [6.45, 7) is 8.94. The molecule has 140 valence electrons. The van der Waals surface area contributed by atoms with Gasteiger partial charge in [-0.2, -0.15) is 0 Å². The van der Waals surface area contributed by atoms with E-state index < -0.39 is 0 Å². The number of furan rings is 1. The third kappa shape index (κ3) is 2.91. The molecule has 0 aliphatic heterocycles. The van der Waals surface area contributed by atoms with E-state index in [0.29, 0.717) is 0 Å². The van der Waals surface area contributed by atoms with Crippen molar-refractivity contribution in [1.29, 1.82) is 0 Å². The molecule has 0 unspecified atom stereocenters. The predicted molar refractivity (Wildman–Crippen MR) is 120 cm³/mol. The van der Waals surface area contributed by atoms with Crippen molar-refractivity contribution in [3.05, 3.63) is 65.2 Å². The monoisotopic (exact) mass is 385 g/mol. The maximum Gasteiger partial charge on any atom is 0.153 e. The van der Waals surface area contributed by atoms with E-state index in [2.05, 4.69) is 81.2 Å². The first kappa shape index (κ1) is 17.4. The lowest BCUT2D eigenvalue weighted by molar-refractivity contribution is 0.411. The Hall–Kier alpha value is -2.65. The molecule has 0 fully saturated rings. The van der Waals surface area contributed by atoms with Crippen LogP contribution in [-0.2, 0) is 6.42 Å². The third-order valence-corrected chi connectivity index (χ3v) is 6.17. The largest absolute Gasteiger partial charge is 0.454 e. The lowest BCUT2D eigenvalue weighted by Gasteiger charge is -2.18. The summed E-state index contributed by atoms with van der Waals surface area (Å²) in [6.07, 6.45) is 2.94. The Labute approximate surface area is 168 Å². The molecular weight excluding hydrogens is 362 g/mol. The first-order chi connectivity index (χ1) is 13.4. The first-order valence-corrected chi connectivity index (χ1v) is 10.5. The van der Waals surface area contributed by atoms with Crippen LogP contribution in [0, 0.1) is 12.3 Å². The Kier molecular flexibility index (Phi) is 3.85. The Bertz CT molecular complexity index is 1330. The average molecular weight is 386 g/mol. The fourth-order valence-corrected chi connectivity index (χ4v) is 5.02. The zero-order chi connectivity index (χ0) is 19.5. The van der Waals surface area contributed by atoms with Crippen LogP contribution >= 0.6 is 11.3 Å². The molecule has 3 heteroatoms. The fourth-order valence-electron chi connectivity index (χ4n) is 4.03. The molecule has 0 saturated carbocycles. The van der Waals surface area contributed by atoms with Crippen molar-refractivity contribution in [2.24, 2.45) is 5.41 Å². The summed E-state index contributed by atoms with van der Waals surface area (Å²) in [5.74, 6) is 0.